The van der Waals surface area contributed by atoms with Crippen LogP contribution in [-0.4, -0.2) is 40.9 Å². The fourth-order valence-electron chi connectivity index (χ4n) is 2.51. The zero-order valence-corrected chi connectivity index (χ0v) is 14.1. The molecule has 118 valence electrons. The standard InChI is InChI=1S/C18H26N4/c1-5-18-19-10-15(11-20-18)12-22(4)14-17-9-7-6-8-16(17)13-21(2)3/h6-11H,5,12-14H2,1-4H3. The largest absolute Gasteiger partial charge is 0.305 e. The molecule has 2 rings (SSSR count). The van der Waals surface area contributed by atoms with Crippen LogP contribution in [0.4, 0.5) is 0 Å². The van der Waals surface area contributed by atoms with Gasteiger partial charge < -0.3 is 4.90 Å². The SMILES string of the molecule is CCc1ncc(CN(C)Cc2ccccc2CN(C)C)cn1. The van der Waals surface area contributed by atoms with E-state index in [2.05, 4.69) is 72.1 Å². The van der Waals surface area contributed by atoms with E-state index in [4.69, 9.17) is 0 Å². The van der Waals surface area contributed by atoms with Gasteiger partial charge in [0.2, 0.25) is 0 Å². The third kappa shape index (κ3) is 4.90. The molecule has 1 aromatic carbocycles. The maximum atomic E-state index is 4.37. The Morgan fingerprint density at radius 2 is 1.45 bits per heavy atom. The highest BCUT2D eigenvalue weighted by molar-refractivity contribution is 5.27. The highest BCUT2D eigenvalue weighted by atomic mass is 15.1. The smallest absolute Gasteiger partial charge is 0.127 e. The van der Waals surface area contributed by atoms with Crippen molar-refractivity contribution in [3.63, 3.8) is 0 Å². The average molecular weight is 298 g/mol. The second-order valence-electron chi connectivity index (χ2n) is 6.04. The summed E-state index contributed by atoms with van der Waals surface area (Å²) in [5, 5.41) is 0. The van der Waals surface area contributed by atoms with Gasteiger partial charge in [0, 0.05) is 44.0 Å². The van der Waals surface area contributed by atoms with Crippen LogP contribution in [0.2, 0.25) is 0 Å². The summed E-state index contributed by atoms with van der Waals surface area (Å²) in [5.41, 5.74) is 3.92. The number of nitrogens with zero attached hydrogens (tertiary/aromatic N) is 4. The van der Waals surface area contributed by atoms with Crippen LogP contribution in [-0.2, 0) is 26.1 Å². The molecule has 22 heavy (non-hydrogen) atoms. The second-order valence-corrected chi connectivity index (χ2v) is 6.04. The van der Waals surface area contributed by atoms with Gasteiger partial charge in [-0.15, -0.1) is 0 Å². The summed E-state index contributed by atoms with van der Waals surface area (Å²) in [5.74, 6) is 0.905. The number of rotatable bonds is 7. The predicted molar refractivity (Wildman–Crippen MR) is 90.4 cm³/mol. The van der Waals surface area contributed by atoms with Gasteiger partial charge in [0.15, 0.2) is 0 Å². The zero-order chi connectivity index (χ0) is 15.9. The Balaban J connectivity index is 2.00. The first-order valence-electron chi connectivity index (χ1n) is 7.78. The van der Waals surface area contributed by atoms with Crippen molar-refractivity contribution in [1.29, 1.82) is 0 Å². The van der Waals surface area contributed by atoms with Gasteiger partial charge >= 0.3 is 0 Å². The van der Waals surface area contributed by atoms with Crippen LogP contribution < -0.4 is 0 Å². The molecular weight excluding hydrogens is 272 g/mol. The summed E-state index contributed by atoms with van der Waals surface area (Å²) in [6.07, 6.45) is 4.76. The summed E-state index contributed by atoms with van der Waals surface area (Å²) in [7, 11) is 6.35. The molecule has 0 aliphatic carbocycles. The van der Waals surface area contributed by atoms with Gasteiger partial charge in [0.1, 0.15) is 5.82 Å². The highest BCUT2D eigenvalue weighted by Gasteiger charge is 2.07. The predicted octanol–water partition coefficient (Wildman–Crippen LogP) is 2.73. The normalized spacial score (nSPS) is 11.4. The Labute approximate surface area is 133 Å². The lowest BCUT2D eigenvalue weighted by Crippen LogP contribution is -2.20. The molecule has 0 radical (unpaired) electrons. The van der Waals surface area contributed by atoms with Crippen molar-refractivity contribution >= 4 is 0 Å². The molecule has 1 heterocycles. The molecule has 0 atom stereocenters. The second kappa shape index (κ2) is 8.01. The Bertz CT molecular complexity index is 578. The molecule has 0 saturated carbocycles. The third-order valence-corrected chi connectivity index (χ3v) is 3.57. The molecule has 0 unspecified atom stereocenters. The van der Waals surface area contributed by atoms with Gasteiger partial charge in [-0.2, -0.15) is 0 Å². The summed E-state index contributed by atoms with van der Waals surface area (Å²) in [6.45, 7) is 4.83. The maximum Gasteiger partial charge on any atom is 0.127 e. The van der Waals surface area contributed by atoms with Gasteiger partial charge in [-0.1, -0.05) is 31.2 Å². The lowest BCUT2D eigenvalue weighted by atomic mass is 10.1. The summed E-state index contributed by atoms with van der Waals surface area (Å²) in [6, 6.07) is 8.65. The summed E-state index contributed by atoms with van der Waals surface area (Å²) in [4.78, 5) is 13.2. The number of hydrogen-bond acceptors (Lipinski definition) is 4. The first-order chi connectivity index (χ1) is 10.6. The van der Waals surface area contributed by atoms with E-state index in [9.17, 15) is 0 Å². The molecule has 0 aliphatic rings. The van der Waals surface area contributed by atoms with E-state index in [1.165, 1.54) is 11.1 Å². The van der Waals surface area contributed by atoms with E-state index in [1.807, 2.05) is 12.4 Å². The fraction of sp³-hybridized carbons (Fsp3) is 0.444. The quantitative estimate of drug-likeness (QED) is 0.787. The van der Waals surface area contributed by atoms with Gasteiger partial charge in [0.25, 0.3) is 0 Å². The molecule has 0 bridgehead atoms. The summed E-state index contributed by atoms with van der Waals surface area (Å²) >= 11 is 0. The first-order valence-corrected chi connectivity index (χ1v) is 7.78. The van der Waals surface area contributed by atoms with Crippen molar-refractivity contribution < 1.29 is 0 Å². The number of aryl methyl sites for hydroxylation is 1. The minimum atomic E-state index is 0.861. The van der Waals surface area contributed by atoms with Crippen molar-refractivity contribution in [1.82, 2.24) is 19.8 Å². The minimum Gasteiger partial charge on any atom is -0.305 e. The topological polar surface area (TPSA) is 32.3 Å². The van der Waals surface area contributed by atoms with E-state index >= 15 is 0 Å². The molecule has 0 spiro atoms. The lowest BCUT2D eigenvalue weighted by molar-refractivity contribution is 0.314. The molecule has 0 saturated heterocycles. The Morgan fingerprint density at radius 1 is 0.864 bits per heavy atom. The molecular formula is C18H26N4. The van der Waals surface area contributed by atoms with Crippen LogP contribution in [0.3, 0.4) is 0 Å². The molecule has 2 aromatic rings. The van der Waals surface area contributed by atoms with E-state index in [1.54, 1.807) is 0 Å². The maximum absolute atomic E-state index is 4.37. The Kier molecular flexibility index (Phi) is 6.04. The Morgan fingerprint density at radius 3 is 2.00 bits per heavy atom. The van der Waals surface area contributed by atoms with Gasteiger partial charge in [0.05, 0.1) is 0 Å². The first kappa shape index (κ1) is 16.6. The molecule has 0 amide bonds. The molecule has 4 nitrogen and oxygen atoms in total. The van der Waals surface area contributed by atoms with Crippen LogP contribution in [0.25, 0.3) is 0 Å². The fourth-order valence-corrected chi connectivity index (χ4v) is 2.51. The molecule has 0 aliphatic heterocycles. The van der Waals surface area contributed by atoms with Gasteiger partial charge in [-0.3, -0.25) is 4.90 Å². The third-order valence-electron chi connectivity index (χ3n) is 3.57. The molecule has 0 N–H and O–H groups in total. The minimum absolute atomic E-state index is 0.861. The lowest BCUT2D eigenvalue weighted by Gasteiger charge is -2.20. The van der Waals surface area contributed by atoms with E-state index in [0.29, 0.717) is 0 Å². The summed E-state index contributed by atoms with van der Waals surface area (Å²) < 4.78 is 0. The van der Waals surface area contributed by atoms with Crippen LogP contribution in [0, 0.1) is 0 Å². The van der Waals surface area contributed by atoms with Crippen molar-refractivity contribution in [3.8, 4) is 0 Å². The van der Waals surface area contributed by atoms with Gasteiger partial charge in [-0.05, 0) is 32.3 Å². The van der Waals surface area contributed by atoms with E-state index in [-0.39, 0.29) is 0 Å². The number of hydrogen-bond donors (Lipinski definition) is 0. The number of aromatic nitrogens is 2. The van der Waals surface area contributed by atoms with Crippen molar-refractivity contribution in [3.05, 3.63) is 59.2 Å². The number of benzene rings is 1. The molecule has 4 heteroatoms. The van der Waals surface area contributed by atoms with Gasteiger partial charge in [-0.25, -0.2) is 9.97 Å². The monoisotopic (exact) mass is 298 g/mol. The van der Waals surface area contributed by atoms with Crippen LogP contribution in [0.1, 0.15) is 29.4 Å². The average Bonchev–Trinajstić information content (AvgIpc) is 2.49. The van der Waals surface area contributed by atoms with Crippen LogP contribution in [0.5, 0.6) is 0 Å². The highest BCUT2D eigenvalue weighted by Crippen LogP contribution is 2.14. The van der Waals surface area contributed by atoms with Crippen LogP contribution >= 0.6 is 0 Å². The molecule has 1 aromatic heterocycles. The van der Waals surface area contributed by atoms with Crippen LogP contribution in [0.15, 0.2) is 36.7 Å². The zero-order valence-electron chi connectivity index (χ0n) is 14.1. The van der Waals surface area contributed by atoms with Crippen molar-refractivity contribution in [2.45, 2.75) is 33.0 Å². The van der Waals surface area contributed by atoms with Crippen molar-refractivity contribution in [2.24, 2.45) is 0 Å². The van der Waals surface area contributed by atoms with E-state index < -0.39 is 0 Å². The van der Waals surface area contributed by atoms with Crippen molar-refractivity contribution in [2.75, 3.05) is 21.1 Å². The van der Waals surface area contributed by atoms with E-state index in [0.717, 1.165) is 37.4 Å². The molecule has 0 fully saturated rings. The Hall–Kier alpha value is -1.78.